The predicted molar refractivity (Wildman–Crippen MR) is 67.7 cm³/mol. The van der Waals surface area contributed by atoms with Crippen molar-refractivity contribution in [1.29, 1.82) is 0 Å². The van der Waals surface area contributed by atoms with Crippen molar-refractivity contribution >= 4 is 28.8 Å². The molecule has 0 aliphatic carbocycles. The molecule has 1 rings (SSSR count). The Morgan fingerprint density at radius 3 is 2.47 bits per heavy atom. The Morgan fingerprint density at radius 1 is 1.40 bits per heavy atom. The second-order valence-electron chi connectivity index (χ2n) is 4.19. The number of hydrogen-bond donors (Lipinski definition) is 1. The molecule has 0 amide bonds. The minimum atomic E-state index is -0.301. The highest BCUT2D eigenvalue weighted by Crippen LogP contribution is 2.28. The van der Waals surface area contributed by atoms with E-state index in [0.29, 0.717) is 16.3 Å². The van der Waals surface area contributed by atoms with Gasteiger partial charge in [-0.05, 0) is 32.9 Å². The fourth-order valence-corrected chi connectivity index (χ4v) is 1.69. The molecule has 1 aromatic rings. The van der Waals surface area contributed by atoms with Crippen LogP contribution in [0.1, 0.15) is 26.3 Å². The summed E-state index contributed by atoms with van der Waals surface area (Å²) in [5.74, 6) is 0.627. The first-order chi connectivity index (χ1) is 6.81. The van der Waals surface area contributed by atoms with E-state index in [1.165, 1.54) is 0 Å². The number of nitrogens with two attached hydrogens (primary N) is 1. The van der Waals surface area contributed by atoms with Crippen LogP contribution in [0, 0.1) is 0 Å². The maximum atomic E-state index is 6.01. The van der Waals surface area contributed by atoms with Crippen LogP contribution in [-0.4, -0.2) is 10.6 Å². The second kappa shape index (κ2) is 4.37. The molecular formula is C11H14ClNOS. The highest BCUT2D eigenvalue weighted by atomic mass is 35.5. The van der Waals surface area contributed by atoms with E-state index in [2.05, 4.69) is 0 Å². The molecule has 0 bridgehead atoms. The van der Waals surface area contributed by atoms with Crippen molar-refractivity contribution in [1.82, 2.24) is 0 Å². The van der Waals surface area contributed by atoms with Gasteiger partial charge in [-0.1, -0.05) is 29.9 Å². The van der Waals surface area contributed by atoms with Gasteiger partial charge in [0.05, 0.1) is 10.6 Å². The molecule has 82 valence electrons. The monoisotopic (exact) mass is 243 g/mol. The van der Waals surface area contributed by atoms with Crippen LogP contribution < -0.4 is 10.5 Å². The molecule has 0 aliphatic heterocycles. The normalized spacial score (nSPS) is 11.2. The molecule has 0 atom stereocenters. The van der Waals surface area contributed by atoms with Crippen molar-refractivity contribution in [3.63, 3.8) is 0 Å². The zero-order valence-corrected chi connectivity index (χ0v) is 10.6. The Hall–Kier alpha value is -0.800. The molecular weight excluding hydrogens is 230 g/mol. The minimum Gasteiger partial charge on any atom is -0.487 e. The van der Waals surface area contributed by atoms with Gasteiger partial charge in [0.25, 0.3) is 0 Å². The van der Waals surface area contributed by atoms with Gasteiger partial charge in [0.15, 0.2) is 0 Å². The lowest BCUT2D eigenvalue weighted by molar-refractivity contribution is 0.130. The van der Waals surface area contributed by atoms with Gasteiger partial charge < -0.3 is 10.5 Å². The summed E-state index contributed by atoms with van der Waals surface area (Å²) in [7, 11) is 0. The van der Waals surface area contributed by atoms with Crippen LogP contribution in [0.2, 0.25) is 5.02 Å². The third kappa shape index (κ3) is 3.36. The minimum absolute atomic E-state index is 0.250. The van der Waals surface area contributed by atoms with Gasteiger partial charge in [0.2, 0.25) is 0 Å². The molecule has 2 nitrogen and oxygen atoms in total. The molecule has 0 aromatic heterocycles. The van der Waals surface area contributed by atoms with Crippen molar-refractivity contribution in [2.75, 3.05) is 0 Å². The quantitative estimate of drug-likeness (QED) is 0.811. The molecule has 15 heavy (non-hydrogen) atoms. The van der Waals surface area contributed by atoms with Crippen LogP contribution in [0.4, 0.5) is 0 Å². The van der Waals surface area contributed by atoms with Crippen molar-refractivity contribution in [2.24, 2.45) is 5.73 Å². The van der Waals surface area contributed by atoms with E-state index in [-0.39, 0.29) is 10.6 Å². The maximum absolute atomic E-state index is 6.01. The average Bonchev–Trinajstić information content (AvgIpc) is 1.99. The van der Waals surface area contributed by atoms with Gasteiger partial charge in [-0.15, -0.1) is 0 Å². The van der Waals surface area contributed by atoms with Crippen LogP contribution in [0.25, 0.3) is 0 Å². The van der Waals surface area contributed by atoms with Gasteiger partial charge in [-0.3, -0.25) is 0 Å². The lowest BCUT2D eigenvalue weighted by Gasteiger charge is -2.23. The SMILES string of the molecule is CC(C)(C)Oc1cccc(Cl)c1C(N)=S. The molecule has 0 heterocycles. The summed E-state index contributed by atoms with van der Waals surface area (Å²) in [5, 5.41) is 0.518. The van der Waals surface area contributed by atoms with E-state index in [9.17, 15) is 0 Å². The molecule has 0 radical (unpaired) electrons. The number of ether oxygens (including phenoxy) is 1. The first-order valence-electron chi connectivity index (χ1n) is 4.58. The molecule has 0 saturated carbocycles. The van der Waals surface area contributed by atoms with E-state index in [1.54, 1.807) is 6.07 Å². The summed E-state index contributed by atoms with van der Waals surface area (Å²) in [6, 6.07) is 5.36. The van der Waals surface area contributed by atoms with Crippen LogP contribution in [-0.2, 0) is 0 Å². The molecule has 0 saturated heterocycles. The van der Waals surface area contributed by atoms with E-state index in [1.807, 2.05) is 32.9 Å². The number of hydrogen-bond acceptors (Lipinski definition) is 2. The number of rotatable bonds is 2. The van der Waals surface area contributed by atoms with Gasteiger partial charge in [-0.2, -0.15) is 0 Å². The predicted octanol–water partition coefficient (Wildman–Crippen LogP) is 3.15. The van der Waals surface area contributed by atoms with Crippen LogP contribution in [0.5, 0.6) is 5.75 Å². The summed E-state index contributed by atoms with van der Waals surface area (Å²) in [4.78, 5) is 0.250. The Bertz CT molecular complexity index is 385. The van der Waals surface area contributed by atoms with E-state index < -0.39 is 0 Å². The van der Waals surface area contributed by atoms with Gasteiger partial charge in [0, 0.05) is 0 Å². The number of thiocarbonyl (C=S) groups is 1. The standard InChI is InChI=1S/C11H14ClNOS/c1-11(2,3)14-8-6-4-5-7(12)9(8)10(13)15/h4-6H,1-3H3,(H2,13,15). The zero-order chi connectivity index (χ0) is 11.6. The Labute approximate surface area is 100 Å². The molecule has 2 N–H and O–H groups in total. The molecule has 0 spiro atoms. The fourth-order valence-electron chi connectivity index (χ4n) is 1.16. The Morgan fingerprint density at radius 2 is 2.00 bits per heavy atom. The van der Waals surface area contributed by atoms with Crippen LogP contribution in [0.15, 0.2) is 18.2 Å². The molecule has 0 unspecified atom stereocenters. The summed E-state index contributed by atoms with van der Waals surface area (Å²) in [5.41, 5.74) is 5.90. The third-order valence-corrected chi connectivity index (χ3v) is 2.16. The van der Waals surface area contributed by atoms with Gasteiger partial charge >= 0.3 is 0 Å². The maximum Gasteiger partial charge on any atom is 0.131 e. The van der Waals surface area contributed by atoms with Crippen LogP contribution >= 0.6 is 23.8 Å². The summed E-state index contributed by atoms with van der Waals surface area (Å²) >= 11 is 10.9. The molecule has 0 aliphatic rings. The smallest absolute Gasteiger partial charge is 0.131 e. The largest absolute Gasteiger partial charge is 0.487 e. The van der Waals surface area contributed by atoms with Crippen molar-refractivity contribution in [2.45, 2.75) is 26.4 Å². The lowest BCUT2D eigenvalue weighted by atomic mass is 10.1. The van der Waals surface area contributed by atoms with E-state index in [4.69, 9.17) is 34.3 Å². The van der Waals surface area contributed by atoms with Crippen LogP contribution in [0.3, 0.4) is 0 Å². The van der Waals surface area contributed by atoms with Gasteiger partial charge in [-0.25, -0.2) is 0 Å². The number of benzene rings is 1. The fraction of sp³-hybridized carbons (Fsp3) is 0.364. The Balaban J connectivity index is 3.18. The summed E-state index contributed by atoms with van der Waals surface area (Å²) in [6.07, 6.45) is 0. The van der Waals surface area contributed by atoms with Crippen molar-refractivity contribution in [3.05, 3.63) is 28.8 Å². The highest BCUT2D eigenvalue weighted by molar-refractivity contribution is 7.80. The topological polar surface area (TPSA) is 35.2 Å². The second-order valence-corrected chi connectivity index (χ2v) is 5.04. The zero-order valence-electron chi connectivity index (χ0n) is 9.00. The first kappa shape index (κ1) is 12.3. The average molecular weight is 244 g/mol. The van der Waals surface area contributed by atoms with Gasteiger partial charge in [0.1, 0.15) is 16.3 Å². The van der Waals surface area contributed by atoms with Crippen molar-refractivity contribution in [3.8, 4) is 5.75 Å². The van der Waals surface area contributed by atoms with E-state index in [0.717, 1.165) is 0 Å². The summed E-state index contributed by atoms with van der Waals surface area (Å²) < 4.78 is 5.72. The lowest BCUT2D eigenvalue weighted by Crippen LogP contribution is -2.25. The summed E-state index contributed by atoms with van der Waals surface area (Å²) in [6.45, 7) is 5.87. The van der Waals surface area contributed by atoms with Crippen molar-refractivity contribution < 1.29 is 4.74 Å². The molecule has 4 heteroatoms. The molecule has 1 aromatic carbocycles. The number of halogens is 1. The van der Waals surface area contributed by atoms with E-state index >= 15 is 0 Å². The first-order valence-corrected chi connectivity index (χ1v) is 5.37. The third-order valence-electron chi connectivity index (χ3n) is 1.64. The Kier molecular flexibility index (Phi) is 3.58. The molecule has 0 fully saturated rings. The highest BCUT2D eigenvalue weighted by Gasteiger charge is 2.17.